The van der Waals surface area contributed by atoms with Crippen LogP contribution in [0.15, 0.2) is 206 Å². The average molecular weight is 745 g/mol. The molecule has 0 saturated carbocycles. The molecule has 2 aliphatic rings. The second kappa shape index (κ2) is 13.4. The van der Waals surface area contributed by atoms with Crippen LogP contribution in [0.2, 0.25) is 0 Å². The average Bonchev–Trinajstić information content (AvgIpc) is 3.50. The van der Waals surface area contributed by atoms with Crippen LogP contribution >= 0.6 is 0 Å². The molecule has 1 aliphatic carbocycles. The fourth-order valence-electron chi connectivity index (χ4n) is 9.21. The maximum atomic E-state index is 6.94. The molecule has 3 nitrogen and oxygen atoms in total. The molecule has 9 aromatic carbocycles. The lowest BCUT2D eigenvalue weighted by Crippen LogP contribution is -2.15. The van der Waals surface area contributed by atoms with E-state index in [2.05, 4.69) is 230 Å². The maximum absolute atomic E-state index is 6.94. The highest BCUT2D eigenvalue weighted by molar-refractivity contribution is 6.07. The lowest BCUT2D eigenvalue weighted by Gasteiger charge is -2.30. The molecule has 58 heavy (non-hydrogen) atoms. The zero-order valence-corrected chi connectivity index (χ0v) is 32.4. The van der Waals surface area contributed by atoms with E-state index in [1.54, 1.807) is 0 Å². The van der Waals surface area contributed by atoms with E-state index in [1.807, 2.05) is 0 Å². The number of ether oxygens (including phenoxy) is 1. The molecular formula is C55H40N2O. The van der Waals surface area contributed by atoms with Crippen molar-refractivity contribution in [2.75, 3.05) is 9.80 Å². The summed E-state index contributed by atoms with van der Waals surface area (Å²) in [7, 11) is 0. The minimum Gasteiger partial charge on any atom is -0.456 e. The zero-order chi connectivity index (χ0) is 38.8. The molecule has 0 radical (unpaired) electrons. The van der Waals surface area contributed by atoms with E-state index in [4.69, 9.17) is 4.74 Å². The lowest BCUT2D eigenvalue weighted by molar-refractivity contribution is 0.487. The van der Waals surface area contributed by atoms with Gasteiger partial charge in [0.2, 0.25) is 0 Å². The molecule has 0 unspecified atom stereocenters. The number of para-hydroxylation sites is 2. The van der Waals surface area contributed by atoms with Gasteiger partial charge in [0, 0.05) is 50.9 Å². The van der Waals surface area contributed by atoms with Gasteiger partial charge in [0.05, 0.1) is 5.69 Å². The molecule has 0 amide bonds. The van der Waals surface area contributed by atoms with Crippen LogP contribution in [0.5, 0.6) is 11.5 Å². The number of benzene rings is 9. The van der Waals surface area contributed by atoms with Crippen LogP contribution in [0.25, 0.3) is 44.2 Å². The quantitative estimate of drug-likeness (QED) is 0.162. The predicted molar refractivity (Wildman–Crippen MR) is 242 cm³/mol. The SMILES string of the molecule is CC1(C)c2ccccc2-c2cc(N(c3ccc(-c4ccccc4)cc3)c3cc4c5c(cccc5c3)-c3cc(N(c5ccccc5)c5ccccc5)ccc3O4)ccc21. The summed E-state index contributed by atoms with van der Waals surface area (Å²) in [6.45, 7) is 4.67. The zero-order valence-electron chi connectivity index (χ0n) is 32.4. The van der Waals surface area contributed by atoms with Crippen LogP contribution in [0.3, 0.4) is 0 Å². The summed E-state index contributed by atoms with van der Waals surface area (Å²) in [5.74, 6) is 1.70. The van der Waals surface area contributed by atoms with E-state index in [0.29, 0.717) is 0 Å². The molecule has 0 N–H and O–H groups in total. The summed E-state index contributed by atoms with van der Waals surface area (Å²) in [6, 6.07) is 74.2. The van der Waals surface area contributed by atoms with E-state index < -0.39 is 0 Å². The van der Waals surface area contributed by atoms with Gasteiger partial charge in [-0.05, 0) is 117 Å². The standard InChI is InChI=1S/C55H40N2O/c1-55(2)50-24-13-12-22-46(50)48-34-43(29-31-51(48)55)57(42-27-25-38(26-28-42)37-15-6-3-7-16-37)45-33-39-17-14-23-47-49-35-44(30-32-52(49)58-53(36-45)54(39)47)56(40-18-8-4-9-19-40)41-20-10-5-11-21-41/h3-36H,1-2H3. The molecule has 0 saturated heterocycles. The molecule has 0 bridgehead atoms. The first kappa shape index (κ1) is 33.9. The molecule has 0 atom stereocenters. The van der Waals surface area contributed by atoms with Crippen LogP contribution in [0, 0.1) is 0 Å². The van der Waals surface area contributed by atoms with Crippen LogP contribution in [-0.4, -0.2) is 0 Å². The van der Waals surface area contributed by atoms with Crippen molar-refractivity contribution < 1.29 is 4.74 Å². The molecule has 1 heterocycles. The van der Waals surface area contributed by atoms with Gasteiger partial charge in [0.15, 0.2) is 0 Å². The van der Waals surface area contributed by atoms with Crippen LogP contribution in [-0.2, 0) is 5.41 Å². The first-order chi connectivity index (χ1) is 28.5. The summed E-state index contributed by atoms with van der Waals surface area (Å²) in [4.78, 5) is 4.68. The number of fused-ring (bicyclic) bond motifs is 5. The molecule has 3 heteroatoms. The second-order valence-electron chi connectivity index (χ2n) is 15.8. The Kier molecular flexibility index (Phi) is 7.84. The van der Waals surface area contributed by atoms with Crippen molar-refractivity contribution >= 4 is 44.9 Å². The highest BCUT2D eigenvalue weighted by Crippen LogP contribution is 2.53. The molecule has 11 rings (SSSR count). The van der Waals surface area contributed by atoms with Gasteiger partial charge in [-0.25, -0.2) is 0 Å². The Balaban J connectivity index is 1.06. The van der Waals surface area contributed by atoms with Crippen molar-refractivity contribution in [3.63, 3.8) is 0 Å². The monoisotopic (exact) mass is 744 g/mol. The Morgan fingerprint density at radius 3 is 1.60 bits per heavy atom. The highest BCUT2D eigenvalue weighted by atomic mass is 16.5. The molecular weight excluding hydrogens is 705 g/mol. The van der Waals surface area contributed by atoms with E-state index in [-0.39, 0.29) is 5.41 Å². The van der Waals surface area contributed by atoms with Crippen LogP contribution in [0.4, 0.5) is 34.1 Å². The van der Waals surface area contributed by atoms with Crippen molar-refractivity contribution in [1.82, 2.24) is 0 Å². The highest BCUT2D eigenvalue weighted by Gasteiger charge is 2.35. The van der Waals surface area contributed by atoms with Gasteiger partial charge in [-0.2, -0.15) is 0 Å². The number of hydrogen-bond donors (Lipinski definition) is 0. The minimum absolute atomic E-state index is 0.0730. The van der Waals surface area contributed by atoms with Gasteiger partial charge >= 0.3 is 0 Å². The molecule has 9 aromatic rings. The molecule has 0 aromatic heterocycles. The van der Waals surface area contributed by atoms with Crippen molar-refractivity contribution in [2.45, 2.75) is 19.3 Å². The number of rotatable bonds is 7. The summed E-state index contributed by atoms with van der Waals surface area (Å²) < 4.78 is 6.94. The van der Waals surface area contributed by atoms with Gasteiger partial charge in [0.25, 0.3) is 0 Å². The van der Waals surface area contributed by atoms with Crippen molar-refractivity contribution in [3.8, 4) is 44.9 Å². The Bertz CT molecular complexity index is 2950. The van der Waals surface area contributed by atoms with Crippen molar-refractivity contribution in [1.29, 1.82) is 0 Å². The van der Waals surface area contributed by atoms with Crippen molar-refractivity contribution in [2.24, 2.45) is 0 Å². The van der Waals surface area contributed by atoms with Crippen molar-refractivity contribution in [3.05, 3.63) is 217 Å². The Morgan fingerprint density at radius 2 is 0.879 bits per heavy atom. The van der Waals surface area contributed by atoms with E-state index >= 15 is 0 Å². The summed E-state index contributed by atoms with van der Waals surface area (Å²) in [5.41, 5.74) is 16.4. The number of hydrogen-bond acceptors (Lipinski definition) is 3. The maximum Gasteiger partial charge on any atom is 0.138 e. The van der Waals surface area contributed by atoms with E-state index in [9.17, 15) is 0 Å². The van der Waals surface area contributed by atoms with Gasteiger partial charge in [-0.3, -0.25) is 0 Å². The largest absolute Gasteiger partial charge is 0.456 e. The predicted octanol–water partition coefficient (Wildman–Crippen LogP) is 15.5. The molecule has 276 valence electrons. The Hall–Kier alpha value is -7.36. The molecule has 0 spiro atoms. The second-order valence-corrected chi connectivity index (χ2v) is 15.8. The lowest BCUT2D eigenvalue weighted by atomic mass is 9.82. The first-order valence-electron chi connectivity index (χ1n) is 20.0. The summed E-state index contributed by atoms with van der Waals surface area (Å²) in [6.07, 6.45) is 0. The number of nitrogens with zero attached hydrogens (tertiary/aromatic N) is 2. The van der Waals surface area contributed by atoms with Gasteiger partial charge in [-0.1, -0.05) is 141 Å². The van der Waals surface area contributed by atoms with Crippen LogP contribution < -0.4 is 14.5 Å². The van der Waals surface area contributed by atoms with Gasteiger partial charge < -0.3 is 14.5 Å². The van der Waals surface area contributed by atoms with Gasteiger partial charge in [-0.15, -0.1) is 0 Å². The third-order valence-corrected chi connectivity index (χ3v) is 12.0. The number of anilines is 6. The topological polar surface area (TPSA) is 15.7 Å². The van der Waals surface area contributed by atoms with Gasteiger partial charge in [0.1, 0.15) is 11.5 Å². The third kappa shape index (κ3) is 5.50. The fraction of sp³-hybridized carbons (Fsp3) is 0.0545. The smallest absolute Gasteiger partial charge is 0.138 e. The Labute approximate surface area is 339 Å². The summed E-state index contributed by atoms with van der Waals surface area (Å²) in [5, 5.41) is 2.24. The molecule has 0 fully saturated rings. The minimum atomic E-state index is -0.0730. The van der Waals surface area contributed by atoms with E-state index in [0.717, 1.165) is 62.0 Å². The van der Waals surface area contributed by atoms with Crippen LogP contribution in [0.1, 0.15) is 25.0 Å². The normalized spacial score (nSPS) is 12.9. The Morgan fingerprint density at radius 1 is 0.345 bits per heavy atom. The fourth-order valence-corrected chi connectivity index (χ4v) is 9.21. The summed E-state index contributed by atoms with van der Waals surface area (Å²) >= 11 is 0. The third-order valence-electron chi connectivity index (χ3n) is 12.0. The first-order valence-corrected chi connectivity index (χ1v) is 20.0. The molecule has 1 aliphatic heterocycles. The van der Waals surface area contributed by atoms with E-state index in [1.165, 1.54) is 38.9 Å².